The quantitative estimate of drug-likeness (QED) is 0.0541. The van der Waals surface area contributed by atoms with Gasteiger partial charge in [0.2, 0.25) is 6.29 Å². The number of carbonyl (C=O) groups is 2. The van der Waals surface area contributed by atoms with Crippen LogP contribution in [-0.4, -0.2) is 78.8 Å². The molecule has 0 bridgehead atoms. The van der Waals surface area contributed by atoms with Crippen molar-refractivity contribution in [1.29, 1.82) is 0 Å². The molecule has 320 valence electrons. The van der Waals surface area contributed by atoms with Crippen LogP contribution in [-0.2, 0) is 29.9 Å². The van der Waals surface area contributed by atoms with E-state index in [1.54, 1.807) is 0 Å². The van der Waals surface area contributed by atoms with Crippen LogP contribution in [0.3, 0.4) is 0 Å². The Balaban J connectivity index is 0.000000305. The van der Waals surface area contributed by atoms with E-state index < -0.39 is 30.4 Å². The van der Waals surface area contributed by atoms with Crippen LogP contribution in [0.2, 0.25) is 0 Å². The Morgan fingerprint density at radius 2 is 0.814 bits per heavy atom. The lowest BCUT2D eigenvalue weighted by Gasteiger charge is -2.19. The van der Waals surface area contributed by atoms with E-state index in [1.807, 2.05) is 111 Å². The van der Waals surface area contributed by atoms with Crippen molar-refractivity contribution in [3.05, 3.63) is 145 Å². The molecular formula is C48H62O11. The summed E-state index contributed by atoms with van der Waals surface area (Å²) in [5, 5.41) is 28.9. The van der Waals surface area contributed by atoms with Gasteiger partial charge >= 0.3 is 11.9 Å². The first-order chi connectivity index (χ1) is 27.8. The smallest absolute Gasteiger partial charge is 0.330 e. The van der Waals surface area contributed by atoms with Crippen LogP contribution >= 0.6 is 0 Å². The second-order valence-corrected chi connectivity index (χ2v) is 15.7. The van der Waals surface area contributed by atoms with Gasteiger partial charge in [0.05, 0.1) is 0 Å². The fraction of sp³-hybridized carbons (Fsp3) is 0.375. The third-order valence-electron chi connectivity index (χ3n) is 8.20. The van der Waals surface area contributed by atoms with E-state index in [0.29, 0.717) is 17.2 Å². The summed E-state index contributed by atoms with van der Waals surface area (Å²) >= 11 is 0. The highest BCUT2D eigenvalue weighted by atomic mass is 16.6. The SMILES string of the molecule is C=CC(=O)OCC(O)COc1ccc(C(C)(C)C)cc1.C=CC(=O)OCC(O)COc1ccc(C(C)(C)C)cc1.Cc1ccc(OCC(O)Oc2ccc(C)cc2)cc1. The Hall–Kier alpha value is -5.62. The van der Waals surface area contributed by atoms with E-state index in [0.717, 1.165) is 23.5 Å². The fourth-order valence-corrected chi connectivity index (χ4v) is 4.67. The van der Waals surface area contributed by atoms with Gasteiger partial charge in [0.25, 0.3) is 0 Å². The molecule has 4 aromatic carbocycles. The maximum atomic E-state index is 10.8. The number of benzene rings is 4. The third kappa shape index (κ3) is 21.1. The van der Waals surface area contributed by atoms with Crippen LogP contribution in [0.1, 0.15) is 63.8 Å². The molecule has 4 rings (SSSR count). The molecule has 0 saturated heterocycles. The molecule has 4 aromatic rings. The number of hydrogen-bond acceptors (Lipinski definition) is 11. The first-order valence-electron chi connectivity index (χ1n) is 19.3. The maximum absolute atomic E-state index is 10.8. The van der Waals surface area contributed by atoms with Gasteiger partial charge in [0, 0.05) is 12.2 Å². The summed E-state index contributed by atoms with van der Waals surface area (Å²) in [6, 6.07) is 30.6. The number of aryl methyl sites for hydroxylation is 2. The van der Waals surface area contributed by atoms with E-state index in [2.05, 4.69) is 54.7 Å². The molecule has 0 heterocycles. The first kappa shape index (κ1) is 49.5. The van der Waals surface area contributed by atoms with Crippen molar-refractivity contribution in [2.75, 3.05) is 33.0 Å². The van der Waals surface area contributed by atoms with Crippen molar-refractivity contribution in [1.82, 2.24) is 0 Å². The van der Waals surface area contributed by atoms with Crippen LogP contribution in [0.15, 0.2) is 122 Å². The predicted octanol–water partition coefficient (Wildman–Crippen LogP) is 7.99. The van der Waals surface area contributed by atoms with Crippen LogP contribution in [0.5, 0.6) is 23.0 Å². The number of aliphatic hydroxyl groups is 3. The van der Waals surface area contributed by atoms with Gasteiger partial charge in [-0.2, -0.15) is 0 Å². The van der Waals surface area contributed by atoms with E-state index in [9.17, 15) is 24.9 Å². The van der Waals surface area contributed by atoms with Gasteiger partial charge in [-0.3, -0.25) is 0 Å². The van der Waals surface area contributed by atoms with Gasteiger partial charge < -0.3 is 43.7 Å². The molecule has 0 aliphatic rings. The first-order valence-corrected chi connectivity index (χ1v) is 19.3. The average molecular weight is 815 g/mol. The maximum Gasteiger partial charge on any atom is 0.330 e. The number of aliphatic hydroxyl groups excluding tert-OH is 3. The van der Waals surface area contributed by atoms with Crippen molar-refractivity contribution in [2.45, 2.75) is 84.7 Å². The highest BCUT2D eigenvalue weighted by Gasteiger charge is 2.15. The number of hydrogen-bond donors (Lipinski definition) is 3. The second kappa shape index (κ2) is 25.0. The molecule has 3 atom stereocenters. The zero-order chi connectivity index (χ0) is 44.0. The van der Waals surface area contributed by atoms with E-state index >= 15 is 0 Å². The lowest BCUT2D eigenvalue weighted by molar-refractivity contribution is -0.142. The second-order valence-electron chi connectivity index (χ2n) is 15.7. The van der Waals surface area contributed by atoms with Gasteiger partial charge in [-0.15, -0.1) is 0 Å². The Labute approximate surface area is 349 Å². The minimum atomic E-state index is -0.982. The molecule has 0 amide bonds. The molecule has 11 nitrogen and oxygen atoms in total. The van der Waals surface area contributed by atoms with Gasteiger partial charge in [0.15, 0.2) is 6.61 Å². The number of ether oxygens (including phenoxy) is 6. The molecular weight excluding hydrogens is 753 g/mol. The molecule has 3 N–H and O–H groups in total. The normalized spacial score (nSPS) is 12.4. The molecule has 0 spiro atoms. The standard InChI is InChI=1S/2C16H22O4.C16H18O3/c2*1-5-15(18)20-11-13(17)10-19-14-8-6-12(7-9-14)16(2,3)4;1-12-3-7-14(8-4-12)18-11-16(17)19-15-9-5-13(2)6-10-15/h2*5-9,13,17H,1,10-11H2,2-4H3;3-10,16-17H,11H2,1-2H3. The van der Waals surface area contributed by atoms with E-state index in [4.69, 9.17) is 28.4 Å². The van der Waals surface area contributed by atoms with Gasteiger partial charge in [-0.05, 0) is 84.3 Å². The summed E-state index contributed by atoms with van der Waals surface area (Å²) in [5.41, 5.74) is 4.94. The zero-order valence-electron chi connectivity index (χ0n) is 35.7. The lowest BCUT2D eigenvalue weighted by atomic mass is 9.87. The van der Waals surface area contributed by atoms with Crippen LogP contribution in [0.25, 0.3) is 0 Å². The molecule has 11 heteroatoms. The summed E-state index contributed by atoms with van der Waals surface area (Å²) in [6.07, 6.45) is -0.594. The van der Waals surface area contributed by atoms with Crippen LogP contribution < -0.4 is 18.9 Å². The summed E-state index contributed by atoms with van der Waals surface area (Å²) in [7, 11) is 0. The average Bonchev–Trinajstić information content (AvgIpc) is 3.21. The highest BCUT2D eigenvalue weighted by Crippen LogP contribution is 2.25. The van der Waals surface area contributed by atoms with Gasteiger partial charge in [-0.25, -0.2) is 9.59 Å². The number of carbonyl (C=O) groups excluding carboxylic acids is 2. The van der Waals surface area contributed by atoms with Gasteiger partial charge in [0.1, 0.15) is 61.6 Å². The minimum absolute atomic E-state index is 0.0687. The number of rotatable bonds is 17. The summed E-state index contributed by atoms with van der Waals surface area (Å²) in [4.78, 5) is 21.7. The van der Waals surface area contributed by atoms with E-state index in [1.165, 1.54) is 16.7 Å². The molecule has 0 aliphatic carbocycles. The predicted molar refractivity (Wildman–Crippen MR) is 230 cm³/mol. The van der Waals surface area contributed by atoms with Crippen molar-refractivity contribution < 1.29 is 53.3 Å². The third-order valence-corrected chi connectivity index (χ3v) is 8.20. The summed E-state index contributed by atoms with van der Waals surface area (Å²) < 4.78 is 31.1. The molecule has 0 saturated carbocycles. The molecule has 0 aromatic heterocycles. The van der Waals surface area contributed by atoms with E-state index in [-0.39, 0.29) is 43.9 Å². The van der Waals surface area contributed by atoms with Gasteiger partial charge in [-0.1, -0.05) is 114 Å². The van der Waals surface area contributed by atoms with Crippen molar-refractivity contribution in [2.24, 2.45) is 0 Å². The monoisotopic (exact) mass is 814 g/mol. The Morgan fingerprint density at radius 1 is 0.508 bits per heavy atom. The Morgan fingerprint density at radius 3 is 1.14 bits per heavy atom. The number of esters is 2. The molecule has 0 fully saturated rings. The van der Waals surface area contributed by atoms with Crippen LogP contribution in [0, 0.1) is 13.8 Å². The molecule has 3 unspecified atom stereocenters. The Kier molecular flexibility index (Phi) is 21.0. The van der Waals surface area contributed by atoms with Crippen molar-refractivity contribution >= 4 is 11.9 Å². The molecule has 0 radical (unpaired) electrons. The molecule has 59 heavy (non-hydrogen) atoms. The van der Waals surface area contributed by atoms with Crippen LogP contribution in [0.4, 0.5) is 0 Å². The topological polar surface area (TPSA) is 150 Å². The summed E-state index contributed by atoms with van der Waals surface area (Å²) in [6.45, 7) is 23.4. The van der Waals surface area contributed by atoms with Crippen molar-refractivity contribution in [3.8, 4) is 23.0 Å². The molecule has 0 aliphatic heterocycles. The summed E-state index contributed by atoms with van der Waals surface area (Å²) in [5.74, 6) is 1.58. The zero-order valence-corrected chi connectivity index (χ0v) is 35.7. The lowest BCUT2D eigenvalue weighted by Crippen LogP contribution is -2.24. The minimum Gasteiger partial charge on any atom is -0.491 e. The fourth-order valence-electron chi connectivity index (χ4n) is 4.67. The highest BCUT2D eigenvalue weighted by molar-refractivity contribution is 5.81. The Bertz CT molecular complexity index is 1730. The largest absolute Gasteiger partial charge is 0.491 e. The van der Waals surface area contributed by atoms with Crippen molar-refractivity contribution in [3.63, 3.8) is 0 Å².